The van der Waals surface area contributed by atoms with Gasteiger partial charge in [0.2, 0.25) is 5.88 Å². The Morgan fingerprint density at radius 1 is 1.17 bits per heavy atom. The van der Waals surface area contributed by atoms with E-state index in [4.69, 9.17) is 22.1 Å². The van der Waals surface area contributed by atoms with Gasteiger partial charge >= 0.3 is 0 Å². The molecular weight excluding hydrogens is 329 g/mol. The molecule has 0 saturated carbocycles. The van der Waals surface area contributed by atoms with Crippen LogP contribution in [0.4, 0.5) is 10.1 Å². The fourth-order valence-electron chi connectivity index (χ4n) is 2.34. The first-order valence-electron chi connectivity index (χ1n) is 7.15. The lowest BCUT2D eigenvalue weighted by Gasteiger charge is -2.13. The molecule has 1 aromatic heterocycles. The second kappa shape index (κ2) is 6.65. The maximum atomic E-state index is 14.0. The fourth-order valence-corrected chi connectivity index (χ4v) is 2.52. The van der Waals surface area contributed by atoms with Gasteiger partial charge in [0.1, 0.15) is 23.3 Å². The number of hydrogen-bond donors (Lipinski definition) is 1. The molecule has 0 spiro atoms. The molecule has 0 aliphatic heterocycles. The van der Waals surface area contributed by atoms with Gasteiger partial charge in [0.15, 0.2) is 0 Å². The number of anilines is 1. The van der Waals surface area contributed by atoms with Gasteiger partial charge in [-0.15, -0.1) is 0 Å². The normalized spacial score (nSPS) is 10.4. The Balaban J connectivity index is 2.04. The summed E-state index contributed by atoms with van der Waals surface area (Å²) in [6.45, 7) is 0.118. The molecule has 0 bridgehead atoms. The molecule has 0 aliphatic rings. The van der Waals surface area contributed by atoms with E-state index in [0.29, 0.717) is 16.3 Å². The topological polar surface area (TPSA) is 64.0 Å². The Kier molecular flexibility index (Phi) is 4.41. The van der Waals surface area contributed by atoms with E-state index >= 15 is 0 Å². The average molecular weight is 342 g/mol. The molecule has 4 nitrogen and oxygen atoms in total. The Morgan fingerprint density at radius 2 is 1.88 bits per heavy atom. The van der Waals surface area contributed by atoms with Gasteiger partial charge < -0.3 is 10.5 Å². The van der Waals surface area contributed by atoms with E-state index in [0.717, 1.165) is 0 Å². The largest absolute Gasteiger partial charge is 0.437 e. The molecule has 6 heteroatoms. The maximum Gasteiger partial charge on any atom is 0.224 e. The van der Waals surface area contributed by atoms with E-state index in [1.165, 1.54) is 16.7 Å². The van der Waals surface area contributed by atoms with Gasteiger partial charge in [-0.25, -0.2) is 4.39 Å². The van der Waals surface area contributed by atoms with Gasteiger partial charge in [0.05, 0.1) is 17.3 Å². The molecule has 3 aromatic rings. The minimum atomic E-state index is -0.364. The zero-order valence-electron chi connectivity index (χ0n) is 12.5. The van der Waals surface area contributed by atoms with Crippen LogP contribution in [0.5, 0.6) is 11.6 Å². The number of aromatic nitrogens is 1. The third kappa shape index (κ3) is 3.05. The summed E-state index contributed by atoms with van der Waals surface area (Å²) in [5, 5.41) is 9.73. The van der Waals surface area contributed by atoms with Crippen molar-refractivity contribution in [1.29, 1.82) is 5.26 Å². The zero-order valence-corrected chi connectivity index (χ0v) is 13.3. The molecule has 2 aromatic carbocycles. The number of halogens is 2. The molecule has 0 radical (unpaired) electrons. The Hall–Kier alpha value is -2.97. The van der Waals surface area contributed by atoms with E-state index in [2.05, 4.69) is 0 Å². The number of para-hydroxylation sites is 1. The Morgan fingerprint density at radius 3 is 2.58 bits per heavy atom. The molecule has 3 rings (SSSR count). The highest BCUT2D eigenvalue weighted by Gasteiger charge is 2.17. The first-order valence-corrected chi connectivity index (χ1v) is 7.53. The molecule has 1 heterocycles. The lowest BCUT2D eigenvalue weighted by molar-refractivity contribution is 0.435. The number of nitrogens with two attached hydrogens (primary N) is 1. The Labute approximate surface area is 143 Å². The van der Waals surface area contributed by atoms with Crippen LogP contribution in [0.15, 0.2) is 54.6 Å². The molecule has 120 valence electrons. The van der Waals surface area contributed by atoms with Crippen LogP contribution < -0.4 is 10.5 Å². The lowest BCUT2D eigenvalue weighted by Crippen LogP contribution is -2.06. The highest BCUT2D eigenvalue weighted by atomic mass is 35.5. The number of nitrogen functional groups attached to an aromatic ring is 1. The van der Waals surface area contributed by atoms with Crippen molar-refractivity contribution in [3.8, 4) is 17.7 Å². The number of ether oxygens (including phenoxy) is 1. The predicted octanol–water partition coefficient (Wildman–Crippen LogP) is 4.58. The van der Waals surface area contributed by atoms with Crippen LogP contribution >= 0.6 is 11.6 Å². The van der Waals surface area contributed by atoms with Crippen LogP contribution in [0.2, 0.25) is 5.02 Å². The summed E-state index contributed by atoms with van der Waals surface area (Å²) < 4.78 is 21.3. The van der Waals surface area contributed by atoms with Gasteiger partial charge in [0.25, 0.3) is 0 Å². The summed E-state index contributed by atoms with van der Waals surface area (Å²) in [6, 6.07) is 16.8. The van der Waals surface area contributed by atoms with Gasteiger partial charge in [0, 0.05) is 11.6 Å². The molecule has 0 atom stereocenters. The summed E-state index contributed by atoms with van der Waals surface area (Å²) >= 11 is 6.10. The van der Waals surface area contributed by atoms with Crippen LogP contribution in [0.25, 0.3) is 0 Å². The molecule has 0 amide bonds. The molecule has 24 heavy (non-hydrogen) atoms. The first kappa shape index (κ1) is 15.9. The number of nitrogens with zero attached hydrogens (tertiary/aromatic N) is 2. The summed E-state index contributed by atoms with van der Waals surface area (Å²) in [5.41, 5.74) is 6.95. The van der Waals surface area contributed by atoms with Crippen molar-refractivity contribution in [2.45, 2.75) is 6.54 Å². The van der Waals surface area contributed by atoms with Crippen molar-refractivity contribution in [2.24, 2.45) is 0 Å². The zero-order chi connectivity index (χ0) is 17.1. The van der Waals surface area contributed by atoms with Crippen molar-refractivity contribution in [3.63, 3.8) is 0 Å². The number of hydrogen-bond acceptors (Lipinski definition) is 3. The highest BCUT2D eigenvalue weighted by molar-refractivity contribution is 6.32. The van der Waals surface area contributed by atoms with E-state index in [9.17, 15) is 9.65 Å². The van der Waals surface area contributed by atoms with Gasteiger partial charge in [-0.2, -0.15) is 5.26 Å². The van der Waals surface area contributed by atoms with Crippen molar-refractivity contribution < 1.29 is 9.13 Å². The summed E-state index contributed by atoms with van der Waals surface area (Å²) in [7, 11) is 0. The maximum absolute atomic E-state index is 14.0. The van der Waals surface area contributed by atoms with Crippen LogP contribution in [-0.2, 0) is 6.54 Å². The second-order valence-electron chi connectivity index (χ2n) is 5.11. The molecule has 0 fully saturated rings. The number of nitriles is 1. The summed E-state index contributed by atoms with van der Waals surface area (Å²) in [6.07, 6.45) is 0. The van der Waals surface area contributed by atoms with Crippen molar-refractivity contribution in [3.05, 3.63) is 76.7 Å². The van der Waals surface area contributed by atoms with E-state index in [1.807, 2.05) is 6.07 Å². The van der Waals surface area contributed by atoms with Crippen molar-refractivity contribution in [1.82, 2.24) is 4.57 Å². The molecule has 0 unspecified atom stereocenters. The van der Waals surface area contributed by atoms with Crippen molar-refractivity contribution >= 4 is 17.3 Å². The minimum Gasteiger partial charge on any atom is -0.437 e. The second-order valence-corrected chi connectivity index (χ2v) is 5.52. The van der Waals surface area contributed by atoms with Gasteiger partial charge in [-0.1, -0.05) is 41.9 Å². The average Bonchev–Trinajstić information content (AvgIpc) is 2.87. The lowest BCUT2D eigenvalue weighted by atomic mass is 10.2. The van der Waals surface area contributed by atoms with Crippen LogP contribution in [0.3, 0.4) is 0 Å². The quantitative estimate of drug-likeness (QED) is 0.755. The Bertz CT molecular complexity index is 930. The molecular formula is C18H13ClFN3O. The molecule has 2 N–H and O–H groups in total. The van der Waals surface area contributed by atoms with E-state index in [1.54, 1.807) is 42.5 Å². The minimum absolute atomic E-state index is 0.118. The molecule has 0 saturated heterocycles. The highest BCUT2D eigenvalue weighted by Crippen LogP contribution is 2.35. The predicted molar refractivity (Wildman–Crippen MR) is 90.6 cm³/mol. The third-order valence-corrected chi connectivity index (χ3v) is 3.83. The smallest absolute Gasteiger partial charge is 0.224 e. The SMILES string of the molecule is N#Cc1cc(N)c(Oc2ccccc2Cl)n1Cc1ccccc1F. The fraction of sp³-hybridized carbons (Fsp3) is 0.0556. The van der Waals surface area contributed by atoms with Gasteiger partial charge in [-0.05, 0) is 18.2 Å². The standard InChI is InChI=1S/C18H13ClFN3O/c19-14-6-2-4-8-17(14)24-18-16(22)9-13(10-21)23(18)11-12-5-1-3-7-15(12)20/h1-9H,11,22H2. The third-order valence-electron chi connectivity index (χ3n) is 3.52. The van der Waals surface area contributed by atoms with Crippen LogP contribution in [0, 0.1) is 17.1 Å². The van der Waals surface area contributed by atoms with Crippen molar-refractivity contribution in [2.75, 3.05) is 5.73 Å². The first-order chi connectivity index (χ1) is 11.6. The van der Waals surface area contributed by atoms with Gasteiger partial charge in [-0.3, -0.25) is 4.57 Å². The van der Waals surface area contributed by atoms with E-state index < -0.39 is 0 Å². The number of rotatable bonds is 4. The van der Waals surface area contributed by atoms with E-state index in [-0.39, 0.29) is 29.6 Å². The van der Waals surface area contributed by atoms with Crippen LogP contribution in [0.1, 0.15) is 11.3 Å². The number of benzene rings is 2. The summed E-state index contributed by atoms with van der Waals surface area (Å²) in [5.74, 6) is 0.295. The van der Waals surface area contributed by atoms with Crippen LogP contribution in [-0.4, -0.2) is 4.57 Å². The monoisotopic (exact) mass is 341 g/mol. The molecule has 0 aliphatic carbocycles. The summed E-state index contributed by atoms with van der Waals surface area (Å²) in [4.78, 5) is 0.